The summed E-state index contributed by atoms with van der Waals surface area (Å²) in [6, 6.07) is 5.30. The maximum Gasteiger partial charge on any atom is 0.407 e. The zero-order valence-electron chi connectivity index (χ0n) is 14.5. The molecule has 1 amide bonds. The second-order valence-electron chi connectivity index (χ2n) is 6.25. The Bertz CT molecular complexity index is 510. The van der Waals surface area contributed by atoms with Gasteiger partial charge in [-0.05, 0) is 51.3 Å². The van der Waals surface area contributed by atoms with E-state index in [-0.39, 0.29) is 12.6 Å². The van der Waals surface area contributed by atoms with Crippen molar-refractivity contribution in [3.05, 3.63) is 23.8 Å². The Labute approximate surface area is 137 Å². The van der Waals surface area contributed by atoms with Crippen LogP contribution in [0.15, 0.2) is 18.2 Å². The number of methoxy groups -OCH3 is 2. The average molecular weight is 325 g/mol. The van der Waals surface area contributed by atoms with E-state index < -0.39 is 11.7 Å². The molecule has 1 atom stereocenters. The molecule has 6 nitrogen and oxygen atoms in total. The van der Waals surface area contributed by atoms with E-state index >= 15 is 0 Å². The van der Waals surface area contributed by atoms with Gasteiger partial charge in [0, 0.05) is 0 Å². The minimum absolute atomic E-state index is 0.146. The minimum Gasteiger partial charge on any atom is -0.493 e. The first kappa shape index (κ1) is 19.1. The van der Waals surface area contributed by atoms with Gasteiger partial charge in [0.1, 0.15) is 5.60 Å². The highest BCUT2D eigenvalue weighted by molar-refractivity contribution is 5.68. The van der Waals surface area contributed by atoms with Gasteiger partial charge in [-0.25, -0.2) is 4.79 Å². The molecule has 23 heavy (non-hydrogen) atoms. The average Bonchev–Trinajstić information content (AvgIpc) is 2.49. The van der Waals surface area contributed by atoms with Crippen LogP contribution in [0.5, 0.6) is 11.5 Å². The van der Waals surface area contributed by atoms with Crippen molar-refractivity contribution in [3.63, 3.8) is 0 Å². The van der Waals surface area contributed by atoms with Gasteiger partial charge >= 0.3 is 6.09 Å². The van der Waals surface area contributed by atoms with Crippen LogP contribution in [0.3, 0.4) is 0 Å². The summed E-state index contributed by atoms with van der Waals surface area (Å²) in [6.45, 7) is 5.24. The van der Waals surface area contributed by atoms with E-state index in [2.05, 4.69) is 5.32 Å². The second-order valence-corrected chi connectivity index (χ2v) is 6.25. The van der Waals surface area contributed by atoms with Crippen LogP contribution >= 0.6 is 0 Å². The topological polar surface area (TPSA) is 77.0 Å². The van der Waals surface area contributed by atoms with Gasteiger partial charge in [0.15, 0.2) is 11.5 Å². The molecule has 1 aromatic carbocycles. The highest BCUT2D eigenvalue weighted by Gasteiger charge is 2.19. The normalized spacial score (nSPS) is 12.4. The van der Waals surface area contributed by atoms with Crippen molar-refractivity contribution in [3.8, 4) is 11.5 Å². The van der Waals surface area contributed by atoms with Crippen LogP contribution in [0, 0.1) is 0 Å². The number of carbonyl (C=O) groups excluding carboxylic acids is 1. The number of nitrogens with one attached hydrogen (secondary N) is 1. The third-order valence-electron chi connectivity index (χ3n) is 3.17. The van der Waals surface area contributed by atoms with E-state index in [1.165, 1.54) is 0 Å². The number of hydrogen-bond donors (Lipinski definition) is 2. The number of ether oxygens (including phenoxy) is 3. The molecular weight excluding hydrogens is 298 g/mol. The van der Waals surface area contributed by atoms with E-state index in [0.29, 0.717) is 24.3 Å². The molecule has 0 saturated heterocycles. The van der Waals surface area contributed by atoms with E-state index in [1.54, 1.807) is 35.0 Å². The molecule has 2 N–H and O–H groups in total. The van der Waals surface area contributed by atoms with Crippen molar-refractivity contribution < 1.29 is 24.1 Å². The fourth-order valence-electron chi connectivity index (χ4n) is 2.06. The first-order valence-corrected chi connectivity index (χ1v) is 7.60. The number of alkyl carbamates (subject to hydrolysis) is 1. The molecule has 0 aromatic heterocycles. The second kappa shape index (κ2) is 8.62. The molecule has 0 bridgehead atoms. The van der Waals surface area contributed by atoms with Crippen LogP contribution in [0.4, 0.5) is 4.79 Å². The molecule has 0 aliphatic rings. The Morgan fingerprint density at radius 2 is 1.87 bits per heavy atom. The van der Waals surface area contributed by atoms with Crippen molar-refractivity contribution in [1.82, 2.24) is 5.32 Å². The van der Waals surface area contributed by atoms with E-state index in [4.69, 9.17) is 14.2 Å². The Morgan fingerprint density at radius 1 is 1.22 bits per heavy atom. The third kappa shape index (κ3) is 6.78. The van der Waals surface area contributed by atoms with Gasteiger partial charge in [-0.1, -0.05) is 6.07 Å². The monoisotopic (exact) mass is 325 g/mol. The fraction of sp³-hybridized carbons (Fsp3) is 0.588. The van der Waals surface area contributed by atoms with E-state index in [0.717, 1.165) is 5.56 Å². The molecule has 0 spiro atoms. The lowest BCUT2D eigenvalue weighted by Crippen LogP contribution is -2.41. The lowest BCUT2D eigenvalue weighted by molar-refractivity contribution is 0.0479. The fourth-order valence-corrected chi connectivity index (χ4v) is 2.06. The summed E-state index contributed by atoms with van der Waals surface area (Å²) >= 11 is 0. The van der Waals surface area contributed by atoms with Crippen molar-refractivity contribution in [2.45, 2.75) is 45.3 Å². The zero-order valence-corrected chi connectivity index (χ0v) is 14.5. The molecule has 0 radical (unpaired) electrons. The van der Waals surface area contributed by atoms with E-state index in [1.807, 2.05) is 18.2 Å². The molecule has 1 aromatic rings. The summed E-state index contributed by atoms with van der Waals surface area (Å²) in [5.74, 6) is 1.33. The third-order valence-corrected chi connectivity index (χ3v) is 3.17. The van der Waals surface area contributed by atoms with E-state index in [9.17, 15) is 9.90 Å². The molecule has 0 aliphatic heterocycles. The van der Waals surface area contributed by atoms with Gasteiger partial charge in [-0.3, -0.25) is 0 Å². The number of carbonyl (C=O) groups is 1. The highest BCUT2D eigenvalue weighted by atomic mass is 16.6. The summed E-state index contributed by atoms with van der Waals surface area (Å²) < 4.78 is 15.7. The minimum atomic E-state index is -0.562. The summed E-state index contributed by atoms with van der Waals surface area (Å²) in [7, 11) is 3.17. The highest BCUT2D eigenvalue weighted by Crippen LogP contribution is 2.28. The predicted molar refractivity (Wildman–Crippen MR) is 88.1 cm³/mol. The van der Waals surface area contributed by atoms with Crippen molar-refractivity contribution in [2.24, 2.45) is 0 Å². The van der Waals surface area contributed by atoms with Gasteiger partial charge in [0.05, 0.1) is 26.9 Å². The zero-order chi connectivity index (χ0) is 17.5. The lowest BCUT2D eigenvalue weighted by atomic mass is 10.1. The smallest absolute Gasteiger partial charge is 0.407 e. The van der Waals surface area contributed by atoms with Crippen LogP contribution in [-0.2, 0) is 11.2 Å². The van der Waals surface area contributed by atoms with Crippen LogP contribution in [0.1, 0.15) is 32.8 Å². The standard InChI is InChI=1S/C17H27NO5/c1-17(2,3)23-16(20)18-13(11-19)8-6-12-7-9-14(21-4)15(10-12)22-5/h7,9-10,13,19H,6,8,11H2,1-5H3,(H,18,20)/t13-/m1/s1. The first-order chi connectivity index (χ1) is 10.8. The number of amides is 1. The van der Waals surface area contributed by atoms with Gasteiger partial charge in [-0.15, -0.1) is 0 Å². The van der Waals surface area contributed by atoms with Gasteiger partial charge < -0.3 is 24.6 Å². The Balaban J connectivity index is 2.59. The Morgan fingerprint density at radius 3 is 2.39 bits per heavy atom. The van der Waals surface area contributed by atoms with Crippen molar-refractivity contribution >= 4 is 6.09 Å². The van der Waals surface area contributed by atoms with Crippen molar-refractivity contribution in [1.29, 1.82) is 0 Å². The summed E-state index contributed by atoms with van der Waals surface area (Å²) in [5.41, 5.74) is 0.472. The number of hydrogen-bond acceptors (Lipinski definition) is 5. The summed E-state index contributed by atoms with van der Waals surface area (Å²) in [4.78, 5) is 11.7. The Hall–Kier alpha value is -1.95. The van der Waals surface area contributed by atoms with Gasteiger partial charge in [0.2, 0.25) is 0 Å². The molecule has 6 heteroatoms. The summed E-state index contributed by atoms with van der Waals surface area (Å²) in [6.07, 6.45) is 0.746. The SMILES string of the molecule is COc1ccc(CC[C@H](CO)NC(=O)OC(C)(C)C)cc1OC. The summed E-state index contributed by atoms with van der Waals surface area (Å²) in [5, 5.41) is 12.1. The van der Waals surface area contributed by atoms with Crippen LogP contribution in [-0.4, -0.2) is 43.7 Å². The molecule has 0 saturated carbocycles. The number of aliphatic hydroxyl groups is 1. The van der Waals surface area contributed by atoms with Crippen LogP contribution in [0.2, 0.25) is 0 Å². The number of rotatable bonds is 7. The number of benzene rings is 1. The van der Waals surface area contributed by atoms with Crippen LogP contribution in [0.25, 0.3) is 0 Å². The molecule has 0 heterocycles. The maximum absolute atomic E-state index is 11.7. The molecule has 1 rings (SSSR count). The predicted octanol–water partition coefficient (Wildman–Crippen LogP) is 2.52. The Kier molecular flexibility index (Phi) is 7.16. The lowest BCUT2D eigenvalue weighted by Gasteiger charge is -2.22. The largest absolute Gasteiger partial charge is 0.493 e. The molecule has 130 valence electrons. The molecule has 0 aliphatic carbocycles. The molecule has 0 unspecified atom stereocenters. The molecule has 0 fully saturated rings. The van der Waals surface area contributed by atoms with Gasteiger partial charge in [0.25, 0.3) is 0 Å². The van der Waals surface area contributed by atoms with Crippen LogP contribution < -0.4 is 14.8 Å². The number of aliphatic hydroxyl groups excluding tert-OH is 1. The van der Waals surface area contributed by atoms with Gasteiger partial charge in [-0.2, -0.15) is 0 Å². The van der Waals surface area contributed by atoms with Crippen molar-refractivity contribution in [2.75, 3.05) is 20.8 Å². The maximum atomic E-state index is 11.7. The molecular formula is C17H27NO5. The quantitative estimate of drug-likeness (QED) is 0.805. The number of aryl methyl sites for hydroxylation is 1. The first-order valence-electron chi connectivity index (χ1n) is 7.60.